The number of halogens is 2. The Balaban J connectivity index is 3.05. The number of nitrogens with zero attached hydrogens (tertiary/aromatic N) is 1. The van der Waals surface area contributed by atoms with Crippen molar-refractivity contribution in [2.24, 2.45) is 5.92 Å². The summed E-state index contributed by atoms with van der Waals surface area (Å²) in [6.45, 7) is 9.03. The summed E-state index contributed by atoms with van der Waals surface area (Å²) < 4.78 is 14.0. The van der Waals surface area contributed by atoms with E-state index in [0.29, 0.717) is 22.5 Å². The normalized spacial score (nSPS) is 11.2. The van der Waals surface area contributed by atoms with Crippen LogP contribution in [-0.4, -0.2) is 23.4 Å². The smallest absolute Gasteiger partial charge is 0.254 e. The van der Waals surface area contributed by atoms with Crippen LogP contribution in [0.2, 0.25) is 0 Å². The Hall–Kier alpha value is -0.900. The molecular formula is C16H23BrFNO. The van der Waals surface area contributed by atoms with Gasteiger partial charge in [-0.1, -0.05) is 27.7 Å². The van der Waals surface area contributed by atoms with Crippen molar-refractivity contribution < 1.29 is 9.18 Å². The maximum Gasteiger partial charge on any atom is 0.254 e. The molecule has 20 heavy (non-hydrogen) atoms. The summed E-state index contributed by atoms with van der Waals surface area (Å²) in [5.74, 6) is -0.0939. The lowest BCUT2D eigenvalue weighted by Crippen LogP contribution is -2.42. The topological polar surface area (TPSA) is 20.3 Å². The first-order valence-electron chi connectivity index (χ1n) is 7.16. The van der Waals surface area contributed by atoms with Crippen molar-refractivity contribution in [3.05, 3.63) is 34.1 Å². The number of carbonyl (C=O) groups excluding carboxylic acids is 1. The molecular weight excluding hydrogens is 321 g/mol. The van der Waals surface area contributed by atoms with Gasteiger partial charge in [0.15, 0.2) is 0 Å². The van der Waals surface area contributed by atoms with Crippen LogP contribution in [0.4, 0.5) is 4.39 Å². The Morgan fingerprint density at radius 3 is 2.35 bits per heavy atom. The monoisotopic (exact) mass is 343 g/mol. The molecule has 0 spiro atoms. The largest absolute Gasteiger partial charge is 0.335 e. The molecule has 4 heteroatoms. The van der Waals surface area contributed by atoms with Crippen LogP contribution in [0, 0.1) is 11.7 Å². The van der Waals surface area contributed by atoms with Crippen LogP contribution in [0.3, 0.4) is 0 Å². The van der Waals surface area contributed by atoms with E-state index in [0.717, 1.165) is 12.8 Å². The van der Waals surface area contributed by atoms with Crippen molar-refractivity contribution in [1.29, 1.82) is 0 Å². The molecule has 1 aromatic carbocycles. The summed E-state index contributed by atoms with van der Waals surface area (Å²) in [4.78, 5) is 14.5. The van der Waals surface area contributed by atoms with Crippen LogP contribution in [-0.2, 0) is 0 Å². The molecule has 0 saturated carbocycles. The van der Waals surface area contributed by atoms with Gasteiger partial charge in [-0.05, 0) is 52.9 Å². The highest BCUT2D eigenvalue weighted by molar-refractivity contribution is 9.10. The van der Waals surface area contributed by atoms with Crippen molar-refractivity contribution >= 4 is 21.8 Å². The lowest BCUT2D eigenvalue weighted by atomic mass is 10.1. The van der Waals surface area contributed by atoms with Crippen LogP contribution < -0.4 is 0 Å². The van der Waals surface area contributed by atoms with Gasteiger partial charge in [0.1, 0.15) is 5.82 Å². The van der Waals surface area contributed by atoms with Crippen molar-refractivity contribution in [2.75, 3.05) is 6.54 Å². The average molecular weight is 344 g/mol. The third-order valence-electron chi connectivity index (χ3n) is 3.37. The van der Waals surface area contributed by atoms with E-state index in [4.69, 9.17) is 0 Å². The van der Waals surface area contributed by atoms with Crippen LogP contribution in [0.25, 0.3) is 0 Å². The SMILES string of the molecule is CCC(CC)N(CC(C)C)C(=O)c1ccc(Br)c(F)c1. The van der Waals surface area contributed by atoms with Crippen LogP contribution in [0.15, 0.2) is 22.7 Å². The molecule has 1 aromatic rings. The minimum Gasteiger partial charge on any atom is -0.335 e. The molecule has 1 amide bonds. The summed E-state index contributed by atoms with van der Waals surface area (Å²) in [7, 11) is 0. The first-order valence-corrected chi connectivity index (χ1v) is 7.95. The molecule has 0 N–H and O–H groups in total. The second kappa shape index (κ2) is 7.77. The van der Waals surface area contributed by atoms with E-state index in [9.17, 15) is 9.18 Å². The van der Waals surface area contributed by atoms with E-state index >= 15 is 0 Å². The Labute approximate surface area is 129 Å². The van der Waals surface area contributed by atoms with Gasteiger partial charge in [-0.25, -0.2) is 4.39 Å². The summed E-state index contributed by atoms with van der Waals surface area (Å²) in [5.41, 5.74) is 0.415. The van der Waals surface area contributed by atoms with Crippen molar-refractivity contribution in [2.45, 2.75) is 46.6 Å². The highest BCUT2D eigenvalue weighted by Crippen LogP contribution is 2.20. The number of rotatable bonds is 6. The van der Waals surface area contributed by atoms with Crippen LogP contribution in [0.1, 0.15) is 50.9 Å². The van der Waals surface area contributed by atoms with E-state index in [2.05, 4.69) is 43.6 Å². The Morgan fingerprint density at radius 2 is 1.90 bits per heavy atom. The number of hydrogen-bond acceptors (Lipinski definition) is 1. The van der Waals surface area contributed by atoms with Crippen molar-refractivity contribution in [1.82, 2.24) is 4.90 Å². The summed E-state index contributed by atoms with van der Waals surface area (Å²) >= 11 is 3.11. The second-order valence-electron chi connectivity index (χ2n) is 5.45. The molecule has 0 radical (unpaired) electrons. The Kier molecular flexibility index (Phi) is 6.66. The first-order chi connectivity index (χ1) is 9.40. The van der Waals surface area contributed by atoms with E-state index < -0.39 is 5.82 Å². The summed E-state index contributed by atoms with van der Waals surface area (Å²) in [6, 6.07) is 4.77. The third kappa shape index (κ3) is 4.30. The fourth-order valence-electron chi connectivity index (χ4n) is 2.32. The fraction of sp³-hybridized carbons (Fsp3) is 0.562. The van der Waals surface area contributed by atoms with Gasteiger partial charge in [-0.2, -0.15) is 0 Å². The van der Waals surface area contributed by atoms with E-state index in [1.54, 1.807) is 12.1 Å². The zero-order chi connectivity index (χ0) is 15.3. The summed E-state index contributed by atoms with van der Waals surface area (Å²) in [5, 5.41) is 0. The van der Waals surface area contributed by atoms with Gasteiger partial charge in [0.25, 0.3) is 5.91 Å². The number of benzene rings is 1. The quantitative estimate of drug-likeness (QED) is 0.721. The minimum absolute atomic E-state index is 0.0844. The Morgan fingerprint density at radius 1 is 1.30 bits per heavy atom. The summed E-state index contributed by atoms with van der Waals surface area (Å²) in [6.07, 6.45) is 1.82. The Bertz CT molecular complexity index is 458. The molecule has 112 valence electrons. The predicted octanol–water partition coefficient (Wildman–Crippen LogP) is 4.88. The molecule has 1 rings (SSSR count). The van der Waals surface area contributed by atoms with E-state index in [-0.39, 0.29) is 11.9 Å². The lowest BCUT2D eigenvalue weighted by Gasteiger charge is -2.32. The lowest BCUT2D eigenvalue weighted by molar-refractivity contribution is 0.0640. The van der Waals surface area contributed by atoms with Gasteiger partial charge in [0.2, 0.25) is 0 Å². The van der Waals surface area contributed by atoms with Gasteiger partial charge in [-0.15, -0.1) is 0 Å². The predicted molar refractivity (Wildman–Crippen MR) is 84.3 cm³/mol. The maximum absolute atomic E-state index is 13.6. The molecule has 0 aliphatic heterocycles. The maximum atomic E-state index is 13.6. The van der Waals surface area contributed by atoms with E-state index in [1.165, 1.54) is 6.07 Å². The van der Waals surface area contributed by atoms with Gasteiger partial charge in [-0.3, -0.25) is 4.79 Å². The molecule has 2 nitrogen and oxygen atoms in total. The zero-order valence-corrected chi connectivity index (χ0v) is 14.2. The number of amides is 1. The van der Waals surface area contributed by atoms with Gasteiger partial charge in [0.05, 0.1) is 4.47 Å². The standard InChI is InChI=1S/C16H23BrFNO/c1-5-13(6-2)19(10-11(3)4)16(20)12-7-8-14(17)15(18)9-12/h7-9,11,13H,5-6,10H2,1-4H3. The molecule has 0 fully saturated rings. The molecule has 0 saturated heterocycles. The third-order valence-corrected chi connectivity index (χ3v) is 4.02. The second-order valence-corrected chi connectivity index (χ2v) is 6.30. The minimum atomic E-state index is -0.398. The van der Waals surface area contributed by atoms with E-state index in [1.807, 2.05) is 4.90 Å². The molecule has 0 aliphatic carbocycles. The number of carbonyl (C=O) groups is 1. The molecule has 0 heterocycles. The van der Waals surface area contributed by atoms with Crippen molar-refractivity contribution in [3.63, 3.8) is 0 Å². The molecule has 0 bridgehead atoms. The zero-order valence-electron chi connectivity index (χ0n) is 12.6. The molecule has 0 atom stereocenters. The first kappa shape index (κ1) is 17.2. The van der Waals surface area contributed by atoms with Gasteiger partial charge in [0, 0.05) is 18.2 Å². The molecule has 0 aromatic heterocycles. The van der Waals surface area contributed by atoms with Gasteiger partial charge >= 0.3 is 0 Å². The van der Waals surface area contributed by atoms with Crippen LogP contribution in [0.5, 0.6) is 0 Å². The average Bonchev–Trinajstić information content (AvgIpc) is 2.41. The molecule has 0 aliphatic rings. The highest BCUT2D eigenvalue weighted by atomic mass is 79.9. The van der Waals surface area contributed by atoms with Crippen LogP contribution >= 0.6 is 15.9 Å². The van der Waals surface area contributed by atoms with Gasteiger partial charge < -0.3 is 4.90 Å². The molecule has 0 unspecified atom stereocenters. The fourth-order valence-corrected chi connectivity index (χ4v) is 2.56. The van der Waals surface area contributed by atoms with Crippen molar-refractivity contribution in [3.8, 4) is 0 Å². The number of hydrogen-bond donors (Lipinski definition) is 0. The highest BCUT2D eigenvalue weighted by Gasteiger charge is 2.23.